The van der Waals surface area contributed by atoms with Crippen LogP contribution >= 0.6 is 0 Å². The Bertz CT molecular complexity index is 2510. The smallest absolute Gasteiger partial charge is 0.465 e. The third kappa shape index (κ3) is 10.1. The Labute approximate surface area is 360 Å². The SMILES string of the molecule is CC(=O)OCC1c2ccccc2-c2ccccc21.COCCCC(=O)c1cccc2c1-c1ccc(CCCC(=O)NCCOC)cc1C2COC(=O)On1nnc2ccccc21. The predicted octanol–water partition coefficient (Wildman–Crippen LogP) is 7.87. The zero-order chi connectivity index (χ0) is 43.4. The minimum atomic E-state index is -0.918. The number of aryl methyl sites for hydroxylation is 1. The highest BCUT2D eigenvalue weighted by molar-refractivity contribution is 6.04. The Hall–Kier alpha value is -6.70. The van der Waals surface area contributed by atoms with Crippen molar-refractivity contribution in [3.8, 4) is 22.3 Å². The van der Waals surface area contributed by atoms with Crippen molar-refractivity contribution in [2.45, 2.75) is 50.9 Å². The second-order valence-electron chi connectivity index (χ2n) is 15.1. The van der Waals surface area contributed by atoms with Crippen LogP contribution in [-0.4, -0.2) is 86.2 Å². The lowest BCUT2D eigenvalue weighted by molar-refractivity contribution is -0.141. The molecule has 6 aromatic rings. The van der Waals surface area contributed by atoms with E-state index in [0.29, 0.717) is 75.1 Å². The second kappa shape index (κ2) is 20.7. The monoisotopic (exact) mass is 838 g/mol. The van der Waals surface area contributed by atoms with E-state index < -0.39 is 6.16 Å². The molecule has 1 atom stereocenters. The van der Waals surface area contributed by atoms with Gasteiger partial charge in [0.05, 0.1) is 6.61 Å². The average molecular weight is 839 g/mol. The van der Waals surface area contributed by atoms with Crippen molar-refractivity contribution >= 4 is 34.8 Å². The normalized spacial score (nSPS) is 13.2. The lowest BCUT2D eigenvalue weighted by Gasteiger charge is -2.15. The molecule has 1 amide bonds. The minimum absolute atomic E-state index is 0.00184. The Morgan fingerprint density at radius 1 is 0.677 bits per heavy atom. The van der Waals surface area contributed by atoms with Crippen LogP contribution in [0.2, 0.25) is 0 Å². The summed E-state index contributed by atoms with van der Waals surface area (Å²) in [4.78, 5) is 55.6. The molecule has 320 valence electrons. The van der Waals surface area contributed by atoms with Gasteiger partial charge in [0.15, 0.2) is 5.78 Å². The number of amides is 1. The molecule has 8 rings (SSSR count). The number of carbonyl (C=O) groups is 4. The number of ketones is 1. The number of para-hydroxylation sites is 1. The van der Waals surface area contributed by atoms with Gasteiger partial charge < -0.3 is 24.3 Å². The van der Waals surface area contributed by atoms with Crippen molar-refractivity contribution in [1.29, 1.82) is 0 Å². The van der Waals surface area contributed by atoms with Gasteiger partial charge in [0.1, 0.15) is 24.2 Å². The fourth-order valence-electron chi connectivity index (χ4n) is 8.17. The van der Waals surface area contributed by atoms with E-state index in [1.807, 2.05) is 60.7 Å². The number of ether oxygens (including phenoxy) is 4. The first kappa shape index (κ1) is 43.4. The van der Waals surface area contributed by atoms with Crippen molar-refractivity contribution < 1.29 is 43.0 Å². The molecule has 0 saturated carbocycles. The van der Waals surface area contributed by atoms with Gasteiger partial charge in [-0.2, -0.15) is 0 Å². The van der Waals surface area contributed by atoms with Crippen molar-refractivity contribution in [3.05, 3.63) is 143 Å². The highest BCUT2D eigenvalue weighted by atomic mass is 16.8. The summed E-state index contributed by atoms with van der Waals surface area (Å²) in [6.07, 6.45) is 1.84. The number of benzene rings is 5. The Kier molecular flexibility index (Phi) is 14.5. The number of rotatable bonds is 17. The molecule has 1 unspecified atom stereocenters. The standard InChI is InChI=1S/C33H36N4O7.C16H14O2/c1-41-18-7-13-30(38)25-10-6-9-23-27(21-43-33(40)44-37-29-12-4-3-11-28(29)35-36-37)26-20-22(15-16-24(26)32(23)25)8-5-14-31(39)34-17-19-42-2;1-11(17)18-10-16-14-8-4-2-6-12(14)13-7-3-5-9-15(13)16/h3-4,6,9-12,15-16,20,27H,5,7-8,13-14,17-19,21H2,1-2H3,(H,34,39);2-9,16H,10H2,1H3. The number of Topliss-reactive ketones (excluding diaryl/α,β-unsaturated/α-hetero) is 1. The summed E-state index contributed by atoms with van der Waals surface area (Å²) in [6.45, 7) is 3.33. The van der Waals surface area contributed by atoms with Gasteiger partial charge in [-0.25, -0.2) is 4.79 Å². The molecule has 5 aromatic carbocycles. The van der Waals surface area contributed by atoms with Crippen LogP contribution in [0.15, 0.2) is 109 Å². The van der Waals surface area contributed by atoms with Crippen LogP contribution < -0.4 is 10.2 Å². The van der Waals surface area contributed by atoms with Gasteiger partial charge >= 0.3 is 12.1 Å². The zero-order valence-corrected chi connectivity index (χ0v) is 35.1. The van der Waals surface area contributed by atoms with Gasteiger partial charge in [0.2, 0.25) is 5.91 Å². The summed E-state index contributed by atoms with van der Waals surface area (Å²) in [5, 5.41) is 10.7. The number of aromatic nitrogens is 3. The molecule has 1 N–H and O–H groups in total. The number of nitrogens with zero attached hydrogens (tertiary/aromatic N) is 3. The quantitative estimate of drug-likeness (QED) is 0.0413. The predicted molar refractivity (Wildman–Crippen MR) is 233 cm³/mol. The van der Waals surface area contributed by atoms with Gasteiger partial charge in [-0.15, -0.1) is 5.10 Å². The van der Waals surface area contributed by atoms with Crippen LogP contribution in [0, 0.1) is 0 Å². The Morgan fingerprint density at radius 2 is 1.35 bits per heavy atom. The Morgan fingerprint density at radius 3 is 2.10 bits per heavy atom. The number of hydrogen-bond donors (Lipinski definition) is 1. The van der Waals surface area contributed by atoms with E-state index in [1.54, 1.807) is 32.4 Å². The third-order valence-electron chi connectivity index (χ3n) is 11.0. The molecule has 0 saturated heterocycles. The van der Waals surface area contributed by atoms with E-state index in [4.69, 9.17) is 23.8 Å². The molecular weight excluding hydrogens is 789 g/mol. The van der Waals surface area contributed by atoms with Crippen LogP contribution in [0.1, 0.15) is 82.6 Å². The highest BCUT2D eigenvalue weighted by Crippen LogP contribution is 2.48. The first-order valence-electron chi connectivity index (χ1n) is 20.8. The first-order valence-corrected chi connectivity index (χ1v) is 20.8. The number of nitrogens with one attached hydrogen (secondary N) is 1. The van der Waals surface area contributed by atoms with E-state index >= 15 is 0 Å². The summed E-state index contributed by atoms with van der Waals surface area (Å²) in [5.74, 6) is -0.355. The van der Waals surface area contributed by atoms with Gasteiger partial charge in [-0.05, 0) is 86.7 Å². The second-order valence-corrected chi connectivity index (χ2v) is 15.1. The summed E-state index contributed by atoms with van der Waals surface area (Å²) < 4.78 is 21.0. The molecule has 1 aromatic heterocycles. The van der Waals surface area contributed by atoms with E-state index in [0.717, 1.165) is 32.7 Å². The lowest BCUT2D eigenvalue weighted by atomic mass is 9.93. The molecule has 13 nitrogen and oxygen atoms in total. The van der Waals surface area contributed by atoms with Crippen molar-refractivity contribution in [1.82, 2.24) is 20.5 Å². The molecule has 13 heteroatoms. The molecular formula is C49H50N4O9. The Balaban J connectivity index is 0.000000265. The first-order chi connectivity index (χ1) is 30.3. The zero-order valence-electron chi connectivity index (χ0n) is 35.1. The van der Waals surface area contributed by atoms with Gasteiger partial charge in [-0.1, -0.05) is 102 Å². The minimum Gasteiger partial charge on any atom is -0.465 e. The molecule has 0 bridgehead atoms. The fraction of sp³-hybridized carbons (Fsp3) is 0.306. The van der Waals surface area contributed by atoms with Crippen molar-refractivity contribution in [3.63, 3.8) is 0 Å². The van der Waals surface area contributed by atoms with Gasteiger partial charge in [0, 0.05) is 64.5 Å². The maximum atomic E-state index is 13.3. The van der Waals surface area contributed by atoms with Crippen molar-refractivity contribution in [2.24, 2.45) is 0 Å². The molecule has 0 aliphatic heterocycles. The maximum absolute atomic E-state index is 13.3. The maximum Gasteiger partial charge on any atom is 0.535 e. The van der Waals surface area contributed by atoms with E-state index in [-0.39, 0.29) is 36.1 Å². The van der Waals surface area contributed by atoms with Crippen LogP contribution in [0.5, 0.6) is 0 Å². The summed E-state index contributed by atoms with van der Waals surface area (Å²) in [5.41, 5.74) is 11.5. The van der Waals surface area contributed by atoms with Crippen LogP contribution in [0.4, 0.5) is 4.79 Å². The van der Waals surface area contributed by atoms with E-state index in [2.05, 4.69) is 46.0 Å². The largest absolute Gasteiger partial charge is 0.535 e. The topological polar surface area (TPSA) is 157 Å². The molecule has 0 spiro atoms. The molecule has 2 aliphatic carbocycles. The van der Waals surface area contributed by atoms with Gasteiger partial charge in [-0.3, -0.25) is 19.2 Å². The molecule has 0 radical (unpaired) electrons. The van der Waals surface area contributed by atoms with Crippen LogP contribution in [-0.2, 0) is 35.0 Å². The van der Waals surface area contributed by atoms with E-state index in [9.17, 15) is 19.2 Å². The number of hydrogen-bond acceptors (Lipinski definition) is 11. The number of fused-ring (bicyclic) bond motifs is 7. The number of methoxy groups -OCH3 is 2. The number of esters is 1. The molecule has 0 fully saturated rings. The molecule has 2 aliphatic rings. The summed E-state index contributed by atoms with van der Waals surface area (Å²) >= 11 is 0. The molecule has 62 heavy (non-hydrogen) atoms. The number of carbonyl (C=O) groups excluding carboxylic acids is 4. The van der Waals surface area contributed by atoms with Crippen LogP contribution in [0.3, 0.4) is 0 Å². The summed E-state index contributed by atoms with van der Waals surface area (Å²) in [7, 11) is 3.21. The average Bonchev–Trinajstić information content (AvgIpc) is 3.94. The fourth-order valence-corrected chi connectivity index (χ4v) is 8.17. The highest BCUT2D eigenvalue weighted by Gasteiger charge is 2.34. The van der Waals surface area contributed by atoms with Crippen LogP contribution in [0.25, 0.3) is 33.3 Å². The molecule has 1 heterocycles. The van der Waals surface area contributed by atoms with Crippen molar-refractivity contribution in [2.75, 3.05) is 47.2 Å². The summed E-state index contributed by atoms with van der Waals surface area (Å²) in [6, 6.07) is 35.6. The van der Waals surface area contributed by atoms with E-state index in [1.165, 1.54) is 29.2 Å². The van der Waals surface area contributed by atoms with Gasteiger partial charge in [0.25, 0.3) is 0 Å². The lowest BCUT2D eigenvalue weighted by Crippen LogP contribution is -2.26. The third-order valence-corrected chi connectivity index (χ3v) is 11.0.